The molecule has 0 aliphatic carbocycles. The maximum absolute atomic E-state index is 4.65. The highest BCUT2D eigenvalue weighted by Crippen LogP contribution is 2.08. The predicted octanol–water partition coefficient (Wildman–Crippen LogP) is 4.12. The highest BCUT2D eigenvalue weighted by atomic mass is 16.5. The second-order valence-electron chi connectivity index (χ2n) is 3.71. The molecule has 0 fully saturated rings. The fourth-order valence-corrected chi connectivity index (χ4v) is 1.47. The van der Waals surface area contributed by atoms with E-state index in [4.69, 9.17) is 0 Å². The van der Waals surface area contributed by atoms with E-state index in [9.17, 15) is 0 Å². The second kappa shape index (κ2) is 12.4. The number of unbranched alkanes of at least 4 members (excludes halogenated alkanes) is 8. The quantitative estimate of drug-likeness (QED) is 0.419. The minimum atomic E-state index is 0.989. The summed E-state index contributed by atoms with van der Waals surface area (Å²) in [7, 11) is 1.61. The van der Waals surface area contributed by atoms with Crippen molar-refractivity contribution in [2.45, 2.75) is 64.7 Å². The van der Waals surface area contributed by atoms with Gasteiger partial charge in [0.25, 0.3) is 0 Å². The fraction of sp³-hybridized carbons (Fsp3) is 0.846. The molecule has 0 bridgehead atoms. The Bertz CT molecular complexity index is 152. The zero-order chi connectivity index (χ0) is 10.5. The summed E-state index contributed by atoms with van der Waals surface area (Å²) in [6.07, 6.45) is 14.5. The Morgan fingerprint density at radius 3 is 2.00 bits per heavy atom. The molecule has 1 nitrogen and oxygen atoms in total. The van der Waals surface area contributed by atoms with Gasteiger partial charge in [0.15, 0.2) is 0 Å². The predicted molar refractivity (Wildman–Crippen MR) is 62.0 cm³/mol. The number of rotatable bonds is 8. The first-order chi connectivity index (χ1) is 6.91. The zero-order valence-corrected chi connectivity index (χ0v) is 9.77. The molecule has 0 aliphatic heterocycles. The lowest BCUT2D eigenvalue weighted by atomic mass is 10.1. The summed E-state index contributed by atoms with van der Waals surface area (Å²) >= 11 is 0. The van der Waals surface area contributed by atoms with Crippen LogP contribution in [0.15, 0.2) is 0 Å². The summed E-state index contributed by atoms with van der Waals surface area (Å²) < 4.78 is 4.65. The average Bonchev–Trinajstić information content (AvgIpc) is 2.21. The Morgan fingerprint density at radius 2 is 1.43 bits per heavy atom. The van der Waals surface area contributed by atoms with Crippen LogP contribution in [0.2, 0.25) is 0 Å². The van der Waals surface area contributed by atoms with E-state index < -0.39 is 0 Å². The van der Waals surface area contributed by atoms with Gasteiger partial charge in [-0.1, -0.05) is 57.8 Å². The van der Waals surface area contributed by atoms with Crippen LogP contribution >= 0.6 is 0 Å². The molecule has 0 heterocycles. The maximum Gasteiger partial charge on any atom is 0.109 e. The van der Waals surface area contributed by atoms with Crippen molar-refractivity contribution in [3.8, 4) is 12.0 Å². The van der Waals surface area contributed by atoms with E-state index in [1.54, 1.807) is 7.11 Å². The number of hydrogen-bond acceptors (Lipinski definition) is 1. The van der Waals surface area contributed by atoms with Gasteiger partial charge in [-0.3, -0.25) is 0 Å². The molecule has 0 aliphatic rings. The van der Waals surface area contributed by atoms with Gasteiger partial charge in [-0.2, -0.15) is 0 Å². The zero-order valence-electron chi connectivity index (χ0n) is 9.77. The van der Waals surface area contributed by atoms with Gasteiger partial charge in [-0.05, 0) is 6.42 Å². The first-order valence-corrected chi connectivity index (χ1v) is 5.92. The van der Waals surface area contributed by atoms with Gasteiger partial charge in [-0.15, -0.1) is 0 Å². The topological polar surface area (TPSA) is 9.23 Å². The Hall–Kier alpha value is -0.640. The lowest BCUT2D eigenvalue weighted by molar-refractivity contribution is 0.371. The van der Waals surface area contributed by atoms with E-state index in [1.165, 1.54) is 51.4 Å². The average molecular weight is 196 g/mol. The van der Waals surface area contributed by atoms with E-state index in [0.717, 1.165) is 6.42 Å². The van der Waals surface area contributed by atoms with Crippen molar-refractivity contribution in [2.24, 2.45) is 0 Å². The molecule has 0 atom stereocenters. The van der Waals surface area contributed by atoms with Crippen LogP contribution in [0.3, 0.4) is 0 Å². The van der Waals surface area contributed by atoms with Gasteiger partial charge in [0.05, 0.1) is 7.11 Å². The van der Waals surface area contributed by atoms with E-state index in [2.05, 4.69) is 23.7 Å². The third-order valence-electron chi connectivity index (χ3n) is 2.33. The minimum absolute atomic E-state index is 0.989. The number of ether oxygens (including phenoxy) is 1. The summed E-state index contributed by atoms with van der Waals surface area (Å²) in [6, 6.07) is 0. The molecule has 0 amide bonds. The molecule has 1 heteroatoms. The normalized spacial score (nSPS) is 9.29. The SMILES string of the molecule is CCCCCCCCCCC#COC. The summed E-state index contributed by atoms with van der Waals surface area (Å²) in [5.74, 6) is 2.97. The van der Waals surface area contributed by atoms with Crippen molar-refractivity contribution < 1.29 is 4.74 Å². The third kappa shape index (κ3) is 11.4. The van der Waals surface area contributed by atoms with E-state index in [-0.39, 0.29) is 0 Å². The molecule has 0 rings (SSSR count). The smallest absolute Gasteiger partial charge is 0.109 e. The van der Waals surface area contributed by atoms with Crippen molar-refractivity contribution in [1.82, 2.24) is 0 Å². The van der Waals surface area contributed by atoms with Crippen molar-refractivity contribution in [1.29, 1.82) is 0 Å². The Balaban J connectivity index is 2.92. The summed E-state index contributed by atoms with van der Waals surface area (Å²) in [4.78, 5) is 0. The summed E-state index contributed by atoms with van der Waals surface area (Å²) in [6.45, 7) is 2.26. The molecule has 0 unspecified atom stereocenters. The van der Waals surface area contributed by atoms with Crippen molar-refractivity contribution >= 4 is 0 Å². The number of hydrogen-bond donors (Lipinski definition) is 0. The molecule has 14 heavy (non-hydrogen) atoms. The van der Waals surface area contributed by atoms with Crippen LogP contribution in [-0.4, -0.2) is 7.11 Å². The first kappa shape index (κ1) is 13.4. The third-order valence-corrected chi connectivity index (χ3v) is 2.33. The molecule has 0 saturated heterocycles. The molecule has 82 valence electrons. The monoisotopic (exact) mass is 196 g/mol. The van der Waals surface area contributed by atoms with Gasteiger partial charge in [0.1, 0.15) is 6.11 Å². The van der Waals surface area contributed by atoms with Crippen LogP contribution in [-0.2, 0) is 4.74 Å². The lowest BCUT2D eigenvalue weighted by Gasteiger charge is -1.98. The van der Waals surface area contributed by atoms with E-state index >= 15 is 0 Å². The highest BCUT2D eigenvalue weighted by molar-refractivity contribution is 4.90. The largest absolute Gasteiger partial charge is 0.450 e. The molecule has 0 spiro atoms. The maximum atomic E-state index is 4.65. The second-order valence-corrected chi connectivity index (χ2v) is 3.71. The number of methoxy groups -OCH3 is 1. The molecule has 0 radical (unpaired) electrons. The Kier molecular flexibility index (Phi) is 11.8. The van der Waals surface area contributed by atoms with Gasteiger partial charge < -0.3 is 4.74 Å². The van der Waals surface area contributed by atoms with Gasteiger partial charge >= 0.3 is 0 Å². The first-order valence-electron chi connectivity index (χ1n) is 5.92. The molecule has 0 aromatic carbocycles. The molecule has 0 N–H and O–H groups in total. The molecular formula is C13H24O. The molecule has 0 saturated carbocycles. The van der Waals surface area contributed by atoms with Crippen LogP contribution in [0.25, 0.3) is 0 Å². The summed E-state index contributed by atoms with van der Waals surface area (Å²) in [5, 5.41) is 0. The molecular weight excluding hydrogens is 172 g/mol. The molecule has 0 aromatic heterocycles. The van der Waals surface area contributed by atoms with Gasteiger partial charge in [0, 0.05) is 6.42 Å². The van der Waals surface area contributed by atoms with Crippen LogP contribution in [0.4, 0.5) is 0 Å². The highest BCUT2D eigenvalue weighted by Gasteiger charge is 1.89. The minimum Gasteiger partial charge on any atom is -0.450 e. The Morgan fingerprint density at radius 1 is 0.857 bits per heavy atom. The van der Waals surface area contributed by atoms with Crippen molar-refractivity contribution in [3.05, 3.63) is 0 Å². The standard InChI is InChI=1S/C13H24O/c1-3-4-5-6-7-8-9-10-11-12-13-14-2/h3-11H2,1-2H3. The van der Waals surface area contributed by atoms with Crippen LogP contribution < -0.4 is 0 Å². The molecule has 0 aromatic rings. The fourth-order valence-electron chi connectivity index (χ4n) is 1.47. The van der Waals surface area contributed by atoms with Crippen molar-refractivity contribution in [2.75, 3.05) is 7.11 Å². The lowest BCUT2D eigenvalue weighted by Crippen LogP contribution is -1.80. The van der Waals surface area contributed by atoms with Gasteiger partial charge in [0.2, 0.25) is 0 Å². The summed E-state index contributed by atoms with van der Waals surface area (Å²) in [5.41, 5.74) is 0. The van der Waals surface area contributed by atoms with Gasteiger partial charge in [-0.25, -0.2) is 0 Å². The van der Waals surface area contributed by atoms with Crippen LogP contribution in [0.1, 0.15) is 64.7 Å². The van der Waals surface area contributed by atoms with Crippen LogP contribution in [0.5, 0.6) is 0 Å². The van der Waals surface area contributed by atoms with Crippen LogP contribution in [0, 0.1) is 12.0 Å². The van der Waals surface area contributed by atoms with Crippen molar-refractivity contribution in [3.63, 3.8) is 0 Å². The van der Waals surface area contributed by atoms with E-state index in [0.29, 0.717) is 0 Å². The van der Waals surface area contributed by atoms with E-state index in [1.807, 2.05) is 0 Å². The Labute approximate surface area is 89.2 Å².